The summed E-state index contributed by atoms with van der Waals surface area (Å²) in [5.41, 5.74) is -0.294. The Morgan fingerprint density at radius 1 is 1.00 bits per heavy atom. The largest absolute Gasteiger partial charge is 0.453 e. The quantitative estimate of drug-likeness (QED) is 0.797. The van der Waals surface area contributed by atoms with E-state index in [1.165, 1.54) is 11.0 Å². The molecule has 2 aromatic rings. The van der Waals surface area contributed by atoms with Gasteiger partial charge >= 0.3 is 6.18 Å². The number of carbonyl (C=O) groups excluding carboxylic acids is 1. The van der Waals surface area contributed by atoms with Gasteiger partial charge in [-0.25, -0.2) is 0 Å². The van der Waals surface area contributed by atoms with Gasteiger partial charge in [-0.2, -0.15) is 13.2 Å². The minimum absolute atomic E-state index is 0.0907. The van der Waals surface area contributed by atoms with Crippen LogP contribution in [-0.2, 0) is 15.7 Å². The number of hydrogen-bond acceptors (Lipinski definition) is 4. The van der Waals surface area contributed by atoms with Crippen LogP contribution in [0.1, 0.15) is 5.56 Å². The molecule has 0 N–H and O–H groups in total. The van der Waals surface area contributed by atoms with E-state index in [0.717, 1.165) is 12.1 Å². The highest BCUT2D eigenvalue weighted by Crippen LogP contribution is 2.48. The molecule has 2 aromatic carbocycles. The highest BCUT2D eigenvalue weighted by atomic mass is 19.4. The Bertz CT molecular complexity index is 864. The van der Waals surface area contributed by atoms with Gasteiger partial charge in [-0.15, -0.1) is 0 Å². The molecule has 1 saturated heterocycles. The third-order valence-corrected chi connectivity index (χ3v) is 4.57. The molecule has 27 heavy (non-hydrogen) atoms. The first-order chi connectivity index (χ1) is 12.9. The van der Waals surface area contributed by atoms with E-state index >= 15 is 0 Å². The Kier molecular flexibility index (Phi) is 4.53. The van der Waals surface area contributed by atoms with Gasteiger partial charge in [-0.05, 0) is 30.3 Å². The molecule has 1 fully saturated rings. The second-order valence-electron chi connectivity index (χ2n) is 6.37. The Morgan fingerprint density at radius 2 is 1.70 bits per heavy atom. The molecule has 0 saturated carbocycles. The Morgan fingerprint density at radius 3 is 2.44 bits per heavy atom. The van der Waals surface area contributed by atoms with Gasteiger partial charge in [-0.1, -0.05) is 12.1 Å². The molecule has 0 bridgehead atoms. The SMILES string of the molecule is O=C(CN1CCOCC1)N1c2ccccc2Oc2ccc(C(F)(F)F)cc21. The monoisotopic (exact) mass is 378 g/mol. The van der Waals surface area contributed by atoms with E-state index in [-0.39, 0.29) is 23.9 Å². The van der Waals surface area contributed by atoms with Crippen LogP contribution in [0.2, 0.25) is 0 Å². The molecule has 0 unspecified atom stereocenters. The van der Waals surface area contributed by atoms with Gasteiger partial charge < -0.3 is 9.47 Å². The number of morpholine rings is 1. The van der Waals surface area contributed by atoms with Crippen LogP contribution in [0.3, 0.4) is 0 Å². The van der Waals surface area contributed by atoms with Gasteiger partial charge in [0.05, 0.1) is 36.7 Å². The standard InChI is InChI=1S/C19H17F3N2O3/c20-19(21,22)13-5-6-17-15(11-13)24(14-3-1-2-4-16(14)27-17)18(25)12-23-7-9-26-10-8-23/h1-6,11H,7-10,12H2. The summed E-state index contributed by atoms with van der Waals surface area (Å²) >= 11 is 0. The molecule has 1 amide bonds. The first-order valence-electron chi connectivity index (χ1n) is 8.55. The number of carbonyl (C=O) groups is 1. The lowest BCUT2D eigenvalue weighted by molar-refractivity contribution is -0.137. The summed E-state index contributed by atoms with van der Waals surface area (Å²) in [6.07, 6.45) is -4.51. The molecular weight excluding hydrogens is 361 g/mol. The summed E-state index contributed by atoms with van der Waals surface area (Å²) in [4.78, 5) is 16.3. The van der Waals surface area contributed by atoms with Crippen LogP contribution in [0.4, 0.5) is 24.5 Å². The molecular formula is C19H17F3N2O3. The summed E-state index contributed by atoms with van der Waals surface area (Å²) in [5, 5.41) is 0. The Hall–Kier alpha value is -2.58. The summed E-state index contributed by atoms with van der Waals surface area (Å²) < 4.78 is 50.6. The van der Waals surface area contributed by atoms with Crippen molar-refractivity contribution in [3.8, 4) is 11.5 Å². The number of amides is 1. The fraction of sp³-hybridized carbons (Fsp3) is 0.316. The van der Waals surface area contributed by atoms with E-state index in [1.807, 2.05) is 4.90 Å². The van der Waals surface area contributed by atoms with E-state index in [4.69, 9.17) is 9.47 Å². The number of para-hydroxylation sites is 2. The van der Waals surface area contributed by atoms with Gasteiger partial charge in [0.15, 0.2) is 11.5 Å². The zero-order valence-electron chi connectivity index (χ0n) is 14.3. The Labute approximate surface area is 153 Å². The summed E-state index contributed by atoms with van der Waals surface area (Å²) in [6.45, 7) is 2.36. The molecule has 0 aromatic heterocycles. The minimum atomic E-state index is -4.51. The van der Waals surface area contributed by atoms with Crippen LogP contribution < -0.4 is 9.64 Å². The first kappa shape index (κ1) is 17.8. The predicted octanol–water partition coefficient (Wildman–Crippen LogP) is 3.81. The van der Waals surface area contributed by atoms with Crippen LogP contribution in [0, 0.1) is 0 Å². The van der Waals surface area contributed by atoms with Crippen molar-refractivity contribution in [3.63, 3.8) is 0 Å². The fourth-order valence-corrected chi connectivity index (χ4v) is 3.22. The average Bonchev–Trinajstić information content (AvgIpc) is 2.65. The van der Waals surface area contributed by atoms with Crippen LogP contribution in [0.25, 0.3) is 0 Å². The number of anilines is 2. The van der Waals surface area contributed by atoms with Crippen molar-refractivity contribution in [1.29, 1.82) is 0 Å². The third kappa shape index (κ3) is 3.50. The van der Waals surface area contributed by atoms with Gasteiger partial charge in [0.1, 0.15) is 0 Å². The van der Waals surface area contributed by atoms with Crippen molar-refractivity contribution in [2.45, 2.75) is 6.18 Å². The van der Waals surface area contributed by atoms with Gasteiger partial charge in [-0.3, -0.25) is 14.6 Å². The van der Waals surface area contributed by atoms with Crippen LogP contribution >= 0.6 is 0 Å². The normalized spacial score (nSPS) is 17.1. The highest BCUT2D eigenvalue weighted by Gasteiger charge is 2.35. The lowest BCUT2D eigenvalue weighted by Gasteiger charge is -2.34. The predicted molar refractivity (Wildman–Crippen MR) is 92.4 cm³/mol. The summed E-state index contributed by atoms with van der Waals surface area (Å²) in [5.74, 6) is 0.338. The number of nitrogens with zero attached hydrogens (tertiary/aromatic N) is 2. The van der Waals surface area contributed by atoms with Gasteiger partial charge in [0.25, 0.3) is 0 Å². The minimum Gasteiger partial charge on any atom is -0.453 e. The fourth-order valence-electron chi connectivity index (χ4n) is 3.22. The van der Waals surface area contributed by atoms with Gasteiger partial charge in [0.2, 0.25) is 5.91 Å². The molecule has 0 spiro atoms. The maximum atomic E-state index is 13.2. The van der Waals surface area contributed by atoms with E-state index in [1.54, 1.807) is 24.3 Å². The summed E-state index contributed by atoms with van der Waals surface area (Å²) in [7, 11) is 0. The molecule has 8 heteroatoms. The third-order valence-electron chi connectivity index (χ3n) is 4.57. The number of rotatable bonds is 2. The molecule has 0 atom stereocenters. The van der Waals surface area contributed by atoms with Crippen LogP contribution in [-0.4, -0.2) is 43.7 Å². The van der Waals surface area contributed by atoms with Crippen molar-refractivity contribution in [2.75, 3.05) is 37.7 Å². The van der Waals surface area contributed by atoms with E-state index < -0.39 is 11.7 Å². The Balaban J connectivity index is 1.73. The maximum Gasteiger partial charge on any atom is 0.416 e. The van der Waals surface area contributed by atoms with Crippen molar-refractivity contribution < 1.29 is 27.4 Å². The number of ether oxygens (including phenoxy) is 2. The smallest absolute Gasteiger partial charge is 0.416 e. The zero-order valence-corrected chi connectivity index (χ0v) is 14.3. The van der Waals surface area contributed by atoms with Crippen molar-refractivity contribution in [3.05, 3.63) is 48.0 Å². The van der Waals surface area contributed by atoms with Crippen LogP contribution in [0.5, 0.6) is 11.5 Å². The number of benzene rings is 2. The molecule has 2 heterocycles. The maximum absolute atomic E-state index is 13.2. The molecule has 5 nitrogen and oxygen atoms in total. The summed E-state index contributed by atoms with van der Waals surface area (Å²) in [6, 6.07) is 9.98. The average molecular weight is 378 g/mol. The zero-order chi connectivity index (χ0) is 19.0. The number of fused-ring (bicyclic) bond motifs is 2. The topological polar surface area (TPSA) is 42.0 Å². The molecule has 142 valence electrons. The van der Waals surface area contributed by atoms with Gasteiger partial charge in [0, 0.05) is 13.1 Å². The van der Waals surface area contributed by atoms with Crippen LogP contribution in [0.15, 0.2) is 42.5 Å². The molecule has 2 aliphatic heterocycles. The second kappa shape index (κ2) is 6.86. The highest BCUT2D eigenvalue weighted by molar-refractivity contribution is 6.05. The first-order valence-corrected chi connectivity index (χ1v) is 8.55. The van der Waals surface area contributed by atoms with E-state index in [0.29, 0.717) is 37.7 Å². The molecule has 0 radical (unpaired) electrons. The van der Waals surface area contributed by atoms with Crippen molar-refractivity contribution in [1.82, 2.24) is 4.90 Å². The number of hydrogen-bond donors (Lipinski definition) is 0. The lowest BCUT2D eigenvalue weighted by Crippen LogP contribution is -2.44. The molecule has 2 aliphatic rings. The van der Waals surface area contributed by atoms with Crippen molar-refractivity contribution >= 4 is 17.3 Å². The molecule has 0 aliphatic carbocycles. The van der Waals surface area contributed by atoms with E-state index in [2.05, 4.69) is 0 Å². The number of halogens is 3. The van der Waals surface area contributed by atoms with Crippen molar-refractivity contribution in [2.24, 2.45) is 0 Å². The lowest BCUT2D eigenvalue weighted by atomic mass is 10.1. The van der Waals surface area contributed by atoms with E-state index in [9.17, 15) is 18.0 Å². The second-order valence-corrected chi connectivity index (χ2v) is 6.37. The molecule has 4 rings (SSSR count). The number of alkyl halides is 3.